The van der Waals surface area contributed by atoms with Gasteiger partial charge in [0.1, 0.15) is 30.3 Å². The summed E-state index contributed by atoms with van der Waals surface area (Å²) in [5.74, 6) is -3.47. The molecule has 35 heavy (non-hydrogen) atoms. The second-order valence-electron chi connectivity index (χ2n) is 9.46. The first-order valence-electron chi connectivity index (χ1n) is 11.3. The maximum atomic E-state index is 13.1. The van der Waals surface area contributed by atoms with Crippen molar-refractivity contribution in [2.24, 2.45) is 5.92 Å². The number of nitrogens with one attached hydrogen (secondary N) is 4. The van der Waals surface area contributed by atoms with Crippen molar-refractivity contribution in [3.05, 3.63) is 35.9 Å². The standard InChI is InChI=1S/C24H36N4O7/c1-14(2)19(22(33)25-13-18(29)30)28-21(32)17(12-16-10-8-7-9-11-16)27-20(31)15(3)26-23(34)35-24(4,5)6/h7-11,14-15,17,19H,12-13H2,1-6H3,(H,25,33)(H,26,34)(H,27,31)(H,28,32)(H,29,30). The van der Waals surface area contributed by atoms with E-state index < -0.39 is 60.1 Å². The van der Waals surface area contributed by atoms with Crippen molar-refractivity contribution < 1.29 is 33.8 Å². The number of rotatable bonds is 11. The van der Waals surface area contributed by atoms with Crippen LogP contribution in [0.2, 0.25) is 0 Å². The highest BCUT2D eigenvalue weighted by molar-refractivity contribution is 5.94. The molecule has 0 saturated carbocycles. The second kappa shape index (κ2) is 13.3. The number of hydrogen-bond acceptors (Lipinski definition) is 6. The number of ether oxygens (including phenoxy) is 1. The minimum Gasteiger partial charge on any atom is -0.480 e. The van der Waals surface area contributed by atoms with Crippen molar-refractivity contribution in [3.63, 3.8) is 0 Å². The Kier molecular flexibility index (Phi) is 11.2. The van der Waals surface area contributed by atoms with Crippen LogP contribution in [0, 0.1) is 5.92 Å². The van der Waals surface area contributed by atoms with Crippen molar-refractivity contribution in [1.82, 2.24) is 21.3 Å². The Morgan fingerprint density at radius 2 is 1.49 bits per heavy atom. The van der Waals surface area contributed by atoms with Crippen LogP contribution in [0.15, 0.2) is 30.3 Å². The van der Waals surface area contributed by atoms with Crippen LogP contribution < -0.4 is 21.3 Å². The lowest BCUT2D eigenvalue weighted by molar-refractivity contribution is -0.139. The quantitative estimate of drug-likeness (QED) is 0.307. The number of carbonyl (C=O) groups excluding carboxylic acids is 4. The van der Waals surface area contributed by atoms with Crippen molar-refractivity contribution in [2.75, 3.05) is 6.54 Å². The zero-order valence-electron chi connectivity index (χ0n) is 21.0. The van der Waals surface area contributed by atoms with Crippen LogP contribution in [0.1, 0.15) is 47.1 Å². The largest absolute Gasteiger partial charge is 0.480 e. The molecule has 11 heteroatoms. The van der Waals surface area contributed by atoms with Gasteiger partial charge in [-0.3, -0.25) is 19.2 Å². The Hall–Kier alpha value is -3.63. The van der Waals surface area contributed by atoms with E-state index in [4.69, 9.17) is 9.84 Å². The molecule has 0 radical (unpaired) electrons. The number of carbonyl (C=O) groups is 5. The highest BCUT2D eigenvalue weighted by atomic mass is 16.6. The Morgan fingerprint density at radius 1 is 0.886 bits per heavy atom. The highest BCUT2D eigenvalue weighted by Gasteiger charge is 2.30. The smallest absolute Gasteiger partial charge is 0.408 e. The van der Waals surface area contributed by atoms with E-state index in [1.807, 2.05) is 6.07 Å². The van der Waals surface area contributed by atoms with E-state index in [-0.39, 0.29) is 12.3 Å². The number of carboxylic acid groups (broad SMARTS) is 1. The minimum absolute atomic E-state index is 0.124. The van der Waals surface area contributed by atoms with Crippen molar-refractivity contribution >= 4 is 29.8 Å². The van der Waals surface area contributed by atoms with Gasteiger partial charge in [-0.2, -0.15) is 0 Å². The number of alkyl carbamates (subject to hydrolysis) is 1. The molecule has 4 amide bonds. The summed E-state index contributed by atoms with van der Waals surface area (Å²) < 4.78 is 5.16. The first-order chi connectivity index (χ1) is 16.2. The molecule has 0 aliphatic rings. The average molecular weight is 493 g/mol. The predicted octanol–water partition coefficient (Wildman–Crippen LogP) is 0.969. The fourth-order valence-corrected chi connectivity index (χ4v) is 2.97. The zero-order chi connectivity index (χ0) is 26.8. The van der Waals surface area contributed by atoms with E-state index in [0.29, 0.717) is 0 Å². The molecule has 3 atom stereocenters. The summed E-state index contributed by atoms with van der Waals surface area (Å²) in [6.07, 6.45) is -0.654. The third kappa shape index (κ3) is 11.4. The van der Waals surface area contributed by atoms with Gasteiger partial charge in [-0.1, -0.05) is 44.2 Å². The Balaban J connectivity index is 2.99. The molecular formula is C24H36N4O7. The third-order valence-corrected chi connectivity index (χ3v) is 4.70. The molecule has 1 aromatic carbocycles. The number of benzene rings is 1. The summed E-state index contributed by atoms with van der Waals surface area (Å²) in [6.45, 7) is 9.33. The van der Waals surface area contributed by atoms with Crippen LogP contribution in [-0.2, 0) is 30.3 Å². The predicted molar refractivity (Wildman–Crippen MR) is 128 cm³/mol. The van der Waals surface area contributed by atoms with Gasteiger partial charge in [0.25, 0.3) is 0 Å². The summed E-state index contributed by atoms with van der Waals surface area (Å²) in [6, 6.07) is 5.87. The van der Waals surface area contributed by atoms with Crippen LogP contribution in [0.3, 0.4) is 0 Å². The second-order valence-corrected chi connectivity index (χ2v) is 9.46. The SMILES string of the molecule is CC(NC(=O)OC(C)(C)C)C(=O)NC(Cc1ccccc1)C(=O)NC(C(=O)NCC(=O)O)C(C)C. The van der Waals surface area contributed by atoms with Crippen molar-refractivity contribution in [2.45, 2.75) is 71.7 Å². The zero-order valence-corrected chi connectivity index (χ0v) is 21.0. The van der Waals surface area contributed by atoms with Gasteiger partial charge < -0.3 is 31.1 Å². The average Bonchev–Trinajstić information content (AvgIpc) is 2.74. The summed E-state index contributed by atoms with van der Waals surface area (Å²) in [5.41, 5.74) is 0.0143. The van der Waals surface area contributed by atoms with Gasteiger partial charge in [0.2, 0.25) is 17.7 Å². The molecule has 0 saturated heterocycles. The maximum Gasteiger partial charge on any atom is 0.408 e. The molecule has 1 rings (SSSR count). The molecule has 194 valence electrons. The van der Waals surface area contributed by atoms with Gasteiger partial charge in [-0.05, 0) is 39.2 Å². The Bertz CT molecular complexity index is 897. The molecule has 0 fully saturated rings. The lowest BCUT2D eigenvalue weighted by atomic mass is 10.0. The molecule has 0 aliphatic heterocycles. The van der Waals surface area contributed by atoms with Crippen molar-refractivity contribution in [1.29, 1.82) is 0 Å². The molecule has 0 spiro atoms. The Labute approximate surface area is 205 Å². The molecule has 0 heterocycles. The Morgan fingerprint density at radius 3 is 2.00 bits per heavy atom. The fraction of sp³-hybridized carbons (Fsp3) is 0.542. The summed E-state index contributed by atoms with van der Waals surface area (Å²) >= 11 is 0. The van der Waals surface area contributed by atoms with Gasteiger partial charge >= 0.3 is 12.1 Å². The summed E-state index contributed by atoms with van der Waals surface area (Å²) in [7, 11) is 0. The first kappa shape index (κ1) is 29.4. The van der Waals surface area contributed by atoms with E-state index >= 15 is 0 Å². The van der Waals surface area contributed by atoms with Crippen LogP contribution in [-0.4, -0.2) is 65.2 Å². The lowest BCUT2D eigenvalue weighted by Crippen LogP contribution is -2.58. The molecule has 5 N–H and O–H groups in total. The van der Waals surface area contributed by atoms with Crippen LogP contribution in [0.25, 0.3) is 0 Å². The summed E-state index contributed by atoms with van der Waals surface area (Å²) in [5, 5.41) is 18.7. The summed E-state index contributed by atoms with van der Waals surface area (Å²) in [4.78, 5) is 61.1. The lowest BCUT2D eigenvalue weighted by Gasteiger charge is -2.26. The molecule has 11 nitrogen and oxygen atoms in total. The van der Waals surface area contributed by atoms with Gasteiger partial charge in [0.05, 0.1) is 0 Å². The highest BCUT2D eigenvalue weighted by Crippen LogP contribution is 2.09. The molecule has 1 aromatic rings. The third-order valence-electron chi connectivity index (χ3n) is 4.70. The van der Waals surface area contributed by atoms with E-state index in [0.717, 1.165) is 5.56 Å². The molecule has 3 unspecified atom stereocenters. The topological polar surface area (TPSA) is 163 Å². The van der Waals surface area contributed by atoms with E-state index in [9.17, 15) is 24.0 Å². The molecule has 0 aromatic heterocycles. The van der Waals surface area contributed by atoms with Crippen LogP contribution >= 0.6 is 0 Å². The normalized spacial score (nSPS) is 13.7. The molecular weight excluding hydrogens is 456 g/mol. The van der Waals surface area contributed by atoms with Gasteiger partial charge in [0, 0.05) is 6.42 Å². The van der Waals surface area contributed by atoms with Crippen LogP contribution in [0.4, 0.5) is 4.79 Å². The number of amides is 4. The van der Waals surface area contributed by atoms with E-state index in [1.165, 1.54) is 6.92 Å². The fourth-order valence-electron chi connectivity index (χ4n) is 2.97. The van der Waals surface area contributed by atoms with Gasteiger partial charge in [-0.25, -0.2) is 4.79 Å². The monoisotopic (exact) mass is 492 g/mol. The van der Waals surface area contributed by atoms with Gasteiger partial charge in [-0.15, -0.1) is 0 Å². The minimum atomic E-state index is -1.21. The maximum absolute atomic E-state index is 13.1. The van der Waals surface area contributed by atoms with Gasteiger partial charge in [0.15, 0.2) is 0 Å². The molecule has 0 aliphatic carbocycles. The van der Waals surface area contributed by atoms with E-state index in [2.05, 4.69) is 21.3 Å². The number of carboxylic acids is 1. The van der Waals surface area contributed by atoms with Crippen molar-refractivity contribution in [3.8, 4) is 0 Å². The van der Waals surface area contributed by atoms with Crippen LogP contribution in [0.5, 0.6) is 0 Å². The number of aliphatic carboxylic acids is 1. The van der Waals surface area contributed by atoms with E-state index in [1.54, 1.807) is 58.9 Å². The first-order valence-corrected chi connectivity index (χ1v) is 11.3. The number of hydrogen-bond donors (Lipinski definition) is 5. The molecule has 0 bridgehead atoms.